The Hall–Kier alpha value is -2.24. The first-order valence-corrected chi connectivity index (χ1v) is 4.72. The van der Waals surface area contributed by atoms with Crippen molar-refractivity contribution in [3.8, 4) is 11.5 Å². The van der Waals surface area contributed by atoms with Gasteiger partial charge in [-0.1, -0.05) is 6.07 Å². The maximum absolute atomic E-state index is 11.0. The van der Waals surface area contributed by atoms with Gasteiger partial charge in [-0.15, -0.1) is 0 Å². The van der Waals surface area contributed by atoms with Crippen molar-refractivity contribution in [1.82, 2.24) is 0 Å². The first-order chi connectivity index (χ1) is 7.97. The highest BCUT2D eigenvalue weighted by atomic mass is 16.6. The molecule has 0 bridgehead atoms. The van der Waals surface area contributed by atoms with E-state index in [-0.39, 0.29) is 17.1 Å². The highest BCUT2D eigenvalue weighted by Gasteiger charge is 2.19. The van der Waals surface area contributed by atoms with Crippen molar-refractivity contribution in [3.63, 3.8) is 0 Å². The lowest BCUT2D eigenvalue weighted by atomic mass is 10.1. The molecule has 0 atom stereocenters. The molecule has 92 valence electrons. The largest absolute Gasteiger partial charge is 0.507 e. The maximum Gasteiger partial charge on any atom is 0.343 e. The van der Waals surface area contributed by atoms with E-state index >= 15 is 0 Å². The van der Waals surface area contributed by atoms with Gasteiger partial charge in [-0.25, -0.2) is 9.59 Å². The molecule has 6 heteroatoms. The minimum atomic E-state index is -1.33. The van der Waals surface area contributed by atoms with Crippen LogP contribution < -0.4 is 4.74 Å². The topological polar surface area (TPSA) is 93.1 Å². The lowest BCUT2D eigenvalue weighted by Gasteiger charge is -2.10. The van der Waals surface area contributed by atoms with Gasteiger partial charge in [-0.2, -0.15) is 0 Å². The molecule has 0 aliphatic rings. The van der Waals surface area contributed by atoms with Crippen LogP contribution in [0.15, 0.2) is 12.1 Å². The van der Waals surface area contributed by atoms with E-state index in [9.17, 15) is 14.7 Å². The summed E-state index contributed by atoms with van der Waals surface area (Å²) in [6, 6.07) is 2.87. The van der Waals surface area contributed by atoms with E-state index in [0.717, 1.165) is 0 Å². The Bertz CT molecular complexity index is 452. The molecule has 0 aliphatic carbocycles. The van der Waals surface area contributed by atoms with E-state index in [4.69, 9.17) is 9.84 Å². The molecule has 6 nitrogen and oxygen atoms in total. The predicted octanol–water partition coefficient (Wildman–Crippen LogP) is 0.951. The molecule has 17 heavy (non-hydrogen) atoms. The summed E-state index contributed by atoms with van der Waals surface area (Å²) in [7, 11) is 1.19. The van der Waals surface area contributed by atoms with E-state index in [0.29, 0.717) is 5.56 Å². The quantitative estimate of drug-likeness (QED) is 0.761. The fraction of sp³-hybridized carbons (Fsp3) is 0.273. The minimum absolute atomic E-state index is 0.0778. The van der Waals surface area contributed by atoms with Gasteiger partial charge in [0.2, 0.25) is 0 Å². The Kier molecular flexibility index (Phi) is 3.92. The monoisotopic (exact) mass is 240 g/mol. The van der Waals surface area contributed by atoms with Crippen LogP contribution in [-0.4, -0.2) is 35.9 Å². The molecule has 0 heterocycles. The molecule has 0 aromatic heterocycles. The first-order valence-electron chi connectivity index (χ1n) is 4.72. The second kappa shape index (κ2) is 5.20. The Morgan fingerprint density at radius 3 is 2.53 bits per heavy atom. The lowest BCUT2D eigenvalue weighted by Crippen LogP contribution is -2.14. The molecule has 0 radical (unpaired) electrons. The van der Waals surface area contributed by atoms with Crippen molar-refractivity contribution in [2.75, 3.05) is 13.7 Å². The van der Waals surface area contributed by atoms with Crippen molar-refractivity contribution in [2.24, 2.45) is 0 Å². The third-order valence-electron chi connectivity index (χ3n) is 2.13. The number of hydrogen-bond acceptors (Lipinski definition) is 5. The van der Waals surface area contributed by atoms with Crippen LogP contribution in [0.1, 0.15) is 15.9 Å². The van der Waals surface area contributed by atoms with Gasteiger partial charge in [0.05, 0.1) is 7.11 Å². The summed E-state index contributed by atoms with van der Waals surface area (Å²) in [6.45, 7) is 1.14. The number of hydrogen-bond donors (Lipinski definition) is 2. The highest BCUT2D eigenvalue weighted by molar-refractivity contribution is 5.94. The van der Waals surface area contributed by atoms with Gasteiger partial charge in [0.15, 0.2) is 6.61 Å². The number of aryl methyl sites for hydroxylation is 1. The predicted molar refractivity (Wildman–Crippen MR) is 57.3 cm³/mol. The Labute approximate surface area is 97.4 Å². The standard InChI is InChI=1S/C11H12O6/c1-6-3-4-7(17-5-8(12)16-2)9(10(6)13)11(14)15/h3-4,13H,5H2,1-2H3,(H,14,15). The second-order valence-corrected chi connectivity index (χ2v) is 3.27. The van der Waals surface area contributed by atoms with Gasteiger partial charge in [0.25, 0.3) is 0 Å². The molecule has 0 fully saturated rings. The van der Waals surface area contributed by atoms with Crippen LogP contribution in [-0.2, 0) is 9.53 Å². The van der Waals surface area contributed by atoms with E-state index in [2.05, 4.69) is 4.74 Å². The average Bonchev–Trinajstić information content (AvgIpc) is 2.29. The van der Waals surface area contributed by atoms with Gasteiger partial charge in [-0.3, -0.25) is 0 Å². The van der Waals surface area contributed by atoms with Crippen molar-refractivity contribution >= 4 is 11.9 Å². The number of esters is 1. The average molecular weight is 240 g/mol. The van der Waals surface area contributed by atoms with Crippen LogP contribution in [0, 0.1) is 6.92 Å². The summed E-state index contributed by atoms with van der Waals surface area (Å²) < 4.78 is 9.32. The zero-order chi connectivity index (χ0) is 13.0. The number of carboxylic acid groups (broad SMARTS) is 1. The number of rotatable bonds is 4. The lowest BCUT2D eigenvalue weighted by molar-refractivity contribution is -0.142. The fourth-order valence-electron chi connectivity index (χ4n) is 1.20. The van der Waals surface area contributed by atoms with Gasteiger partial charge in [0, 0.05) is 0 Å². The van der Waals surface area contributed by atoms with Crippen LogP contribution in [0.4, 0.5) is 0 Å². The van der Waals surface area contributed by atoms with Gasteiger partial charge in [0.1, 0.15) is 17.1 Å². The number of carbonyl (C=O) groups is 2. The number of benzene rings is 1. The van der Waals surface area contributed by atoms with Gasteiger partial charge >= 0.3 is 11.9 Å². The molecule has 1 rings (SSSR count). The number of carbonyl (C=O) groups excluding carboxylic acids is 1. The molecule has 0 spiro atoms. The summed E-state index contributed by atoms with van der Waals surface area (Å²) in [4.78, 5) is 21.8. The Morgan fingerprint density at radius 2 is 2.00 bits per heavy atom. The van der Waals surface area contributed by atoms with E-state index < -0.39 is 18.5 Å². The Morgan fingerprint density at radius 1 is 1.35 bits per heavy atom. The van der Waals surface area contributed by atoms with Crippen LogP contribution in [0.3, 0.4) is 0 Å². The Balaban J connectivity index is 3.03. The van der Waals surface area contributed by atoms with Gasteiger partial charge in [-0.05, 0) is 18.6 Å². The number of aromatic hydroxyl groups is 1. The zero-order valence-electron chi connectivity index (χ0n) is 9.39. The van der Waals surface area contributed by atoms with Crippen molar-refractivity contribution < 1.29 is 29.3 Å². The zero-order valence-corrected chi connectivity index (χ0v) is 9.39. The molecule has 0 saturated heterocycles. The molecule has 0 amide bonds. The summed E-state index contributed by atoms with van der Waals surface area (Å²) in [5.74, 6) is -2.42. The second-order valence-electron chi connectivity index (χ2n) is 3.27. The molecule has 1 aromatic rings. The number of phenols is 1. The van der Waals surface area contributed by atoms with Crippen LogP contribution in [0.2, 0.25) is 0 Å². The molecule has 1 aromatic carbocycles. The molecule has 0 aliphatic heterocycles. The molecule has 0 unspecified atom stereocenters. The molecule has 2 N–H and O–H groups in total. The SMILES string of the molecule is COC(=O)COc1ccc(C)c(O)c1C(=O)O. The summed E-state index contributed by atoms with van der Waals surface area (Å²) >= 11 is 0. The summed E-state index contributed by atoms with van der Waals surface area (Å²) in [5, 5.41) is 18.5. The number of carboxylic acids is 1. The number of ether oxygens (including phenoxy) is 2. The van der Waals surface area contributed by atoms with Crippen molar-refractivity contribution in [2.45, 2.75) is 6.92 Å². The summed E-state index contributed by atoms with van der Waals surface area (Å²) in [5.41, 5.74) is 0.0433. The minimum Gasteiger partial charge on any atom is -0.507 e. The van der Waals surface area contributed by atoms with Crippen LogP contribution in [0.25, 0.3) is 0 Å². The smallest absolute Gasteiger partial charge is 0.343 e. The fourth-order valence-corrected chi connectivity index (χ4v) is 1.20. The maximum atomic E-state index is 11.0. The molecular weight excluding hydrogens is 228 g/mol. The number of aromatic carboxylic acids is 1. The summed E-state index contributed by atoms with van der Waals surface area (Å²) in [6.07, 6.45) is 0. The van der Waals surface area contributed by atoms with E-state index in [1.807, 2.05) is 0 Å². The molecular formula is C11H12O6. The van der Waals surface area contributed by atoms with Crippen LogP contribution >= 0.6 is 0 Å². The van der Waals surface area contributed by atoms with Gasteiger partial charge < -0.3 is 19.7 Å². The third kappa shape index (κ3) is 2.87. The first kappa shape index (κ1) is 12.8. The molecule has 0 saturated carbocycles. The third-order valence-corrected chi connectivity index (χ3v) is 2.13. The highest BCUT2D eigenvalue weighted by Crippen LogP contribution is 2.30. The van der Waals surface area contributed by atoms with Crippen molar-refractivity contribution in [3.05, 3.63) is 23.3 Å². The van der Waals surface area contributed by atoms with E-state index in [1.165, 1.54) is 19.2 Å². The van der Waals surface area contributed by atoms with Crippen molar-refractivity contribution in [1.29, 1.82) is 0 Å². The normalized spacial score (nSPS) is 9.76. The number of methoxy groups -OCH3 is 1. The van der Waals surface area contributed by atoms with Crippen LogP contribution in [0.5, 0.6) is 11.5 Å². The van der Waals surface area contributed by atoms with E-state index in [1.54, 1.807) is 6.92 Å².